The van der Waals surface area contributed by atoms with Gasteiger partial charge in [-0.2, -0.15) is 0 Å². The van der Waals surface area contributed by atoms with Crippen molar-refractivity contribution in [1.82, 2.24) is 0 Å². The maximum absolute atomic E-state index is 11.3. The van der Waals surface area contributed by atoms with E-state index in [0.717, 1.165) is 12.8 Å². The third-order valence-electron chi connectivity index (χ3n) is 5.64. The predicted octanol–water partition coefficient (Wildman–Crippen LogP) is 4.50. The lowest BCUT2D eigenvalue weighted by Crippen LogP contribution is -2.40. The van der Waals surface area contributed by atoms with Gasteiger partial charge in [0.15, 0.2) is 0 Å². The van der Waals surface area contributed by atoms with Gasteiger partial charge in [-0.3, -0.25) is 10.1 Å². The molecule has 27 heavy (non-hydrogen) atoms. The summed E-state index contributed by atoms with van der Waals surface area (Å²) in [6, 6.07) is 0. The number of allylic oxidation sites excluding steroid dienone is 4. The molecule has 0 saturated heterocycles. The summed E-state index contributed by atoms with van der Waals surface area (Å²) in [4.78, 5) is 10.9. The van der Waals surface area contributed by atoms with Crippen molar-refractivity contribution in [3.05, 3.63) is 57.2 Å². The highest BCUT2D eigenvalue weighted by Gasteiger charge is 2.39. The molecule has 0 amide bonds. The van der Waals surface area contributed by atoms with Crippen molar-refractivity contribution in [2.24, 2.45) is 10.8 Å². The lowest BCUT2D eigenvalue weighted by molar-refractivity contribution is -0.422. The minimum absolute atomic E-state index is 0.0547. The normalized spacial score (nSPS) is 23.0. The first kappa shape index (κ1) is 21.4. The lowest BCUT2D eigenvalue weighted by Gasteiger charge is -2.42. The van der Waals surface area contributed by atoms with Gasteiger partial charge < -0.3 is 14.6 Å². The van der Waals surface area contributed by atoms with Crippen molar-refractivity contribution in [3.8, 4) is 0 Å². The molecule has 0 radical (unpaired) electrons. The first-order valence-electron chi connectivity index (χ1n) is 9.43. The van der Waals surface area contributed by atoms with Crippen LogP contribution in [0.3, 0.4) is 0 Å². The standard InChI is InChI=1S/C21H31NO5/c1-7-21(6,12-20(4,5)13-23)15(3)27-18-11-10-17(22(24)25)19-16(18)9-8-14(2)26-19/h8-11,15,18,23H,7,12-13H2,1-6H3. The van der Waals surface area contributed by atoms with Crippen LogP contribution in [0.4, 0.5) is 0 Å². The first-order valence-corrected chi connectivity index (χ1v) is 9.43. The number of nitro groups is 1. The number of nitrogens with zero attached hydrogens (tertiary/aromatic N) is 1. The van der Waals surface area contributed by atoms with Crippen LogP contribution in [0.15, 0.2) is 47.1 Å². The van der Waals surface area contributed by atoms with Gasteiger partial charge in [-0.1, -0.05) is 27.7 Å². The molecule has 3 atom stereocenters. The smallest absolute Gasteiger partial charge is 0.311 e. The molecule has 2 aliphatic rings. The Morgan fingerprint density at radius 2 is 2.04 bits per heavy atom. The van der Waals surface area contributed by atoms with Crippen LogP contribution in [0.1, 0.15) is 54.4 Å². The van der Waals surface area contributed by atoms with Crippen LogP contribution in [-0.2, 0) is 9.47 Å². The molecule has 0 bridgehead atoms. The van der Waals surface area contributed by atoms with E-state index in [4.69, 9.17) is 9.47 Å². The van der Waals surface area contributed by atoms with Gasteiger partial charge in [0.2, 0.25) is 5.76 Å². The third kappa shape index (κ3) is 4.68. The molecular weight excluding hydrogens is 346 g/mol. The molecule has 150 valence electrons. The van der Waals surface area contributed by atoms with Crippen LogP contribution in [-0.4, -0.2) is 28.8 Å². The molecule has 1 heterocycles. The van der Waals surface area contributed by atoms with Crippen molar-refractivity contribution in [2.45, 2.75) is 66.6 Å². The van der Waals surface area contributed by atoms with E-state index < -0.39 is 11.0 Å². The van der Waals surface area contributed by atoms with Gasteiger partial charge in [0, 0.05) is 18.3 Å². The Bertz CT molecular complexity index is 716. The second-order valence-corrected chi connectivity index (χ2v) is 8.54. The summed E-state index contributed by atoms with van der Waals surface area (Å²) >= 11 is 0. The van der Waals surface area contributed by atoms with E-state index in [1.165, 1.54) is 6.08 Å². The molecule has 2 rings (SSSR count). The molecule has 0 spiro atoms. The van der Waals surface area contributed by atoms with E-state index in [1.807, 2.05) is 26.8 Å². The Hall–Kier alpha value is -1.92. The first-order chi connectivity index (χ1) is 12.5. The van der Waals surface area contributed by atoms with Gasteiger partial charge in [0.1, 0.15) is 11.9 Å². The highest BCUT2D eigenvalue weighted by atomic mass is 16.6. The molecule has 6 heteroatoms. The molecule has 1 N–H and O–H groups in total. The predicted molar refractivity (Wildman–Crippen MR) is 104 cm³/mol. The number of rotatable bonds is 8. The second kappa shape index (κ2) is 7.98. The zero-order chi connectivity index (χ0) is 20.4. The van der Waals surface area contributed by atoms with Gasteiger partial charge in [0.05, 0.1) is 11.0 Å². The maximum atomic E-state index is 11.3. The molecule has 0 fully saturated rings. The zero-order valence-electron chi connectivity index (χ0n) is 17.1. The minimum atomic E-state index is -0.433. The van der Waals surface area contributed by atoms with Crippen LogP contribution in [0.25, 0.3) is 0 Å². The molecule has 1 aliphatic heterocycles. The summed E-state index contributed by atoms with van der Waals surface area (Å²) in [6.45, 7) is 12.3. The Kier molecular flexibility index (Phi) is 6.32. The lowest BCUT2D eigenvalue weighted by atomic mass is 9.70. The van der Waals surface area contributed by atoms with E-state index in [-0.39, 0.29) is 35.0 Å². The summed E-state index contributed by atoms with van der Waals surface area (Å²) < 4.78 is 12.0. The zero-order valence-corrected chi connectivity index (χ0v) is 17.1. The van der Waals surface area contributed by atoms with E-state index in [1.54, 1.807) is 19.1 Å². The highest BCUT2D eigenvalue weighted by molar-refractivity contribution is 5.47. The van der Waals surface area contributed by atoms with E-state index in [2.05, 4.69) is 13.8 Å². The molecule has 0 aromatic carbocycles. The van der Waals surface area contributed by atoms with Crippen molar-refractivity contribution in [3.63, 3.8) is 0 Å². The fourth-order valence-corrected chi connectivity index (χ4v) is 3.67. The van der Waals surface area contributed by atoms with Gasteiger partial charge in [-0.15, -0.1) is 0 Å². The fourth-order valence-electron chi connectivity index (χ4n) is 3.67. The average molecular weight is 377 g/mol. The number of fused-ring (bicyclic) bond motifs is 1. The Labute approximate surface area is 161 Å². The summed E-state index contributed by atoms with van der Waals surface area (Å²) in [7, 11) is 0. The monoisotopic (exact) mass is 377 g/mol. The number of ether oxygens (including phenoxy) is 2. The van der Waals surface area contributed by atoms with Crippen molar-refractivity contribution in [1.29, 1.82) is 0 Å². The highest BCUT2D eigenvalue weighted by Crippen LogP contribution is 2.42. The van der Waals surface area contributed by atoms with Crippen LogP contribution in [0, 0.1) is 20.9 Å². The maximum Gasteiger partial charge on any atom is 0.311 e. The van der Waals surface area contributed by atoms with Crippen LogP contribution >= 0.6 is 0 Å². The number of aliphatic hydroxyl groups is 1. The molecule has 0 aromatic heterocycles. The molecule has 1 aliphatic carbocycles. The van der Waals surface area contributed by atoms with Crippen LogP contribution in [0.5, 0.6) is 0 Å². The van der Waals surface area contributed by atoms with Gasteiger partial charge in [0.25, 0.3) is 0 Å². The minimum Gasteiger partial charge on any atom is -0.454 e. The fraction of sp³-hybridized carbons (Fsp3) is 0.619. The molecule has 0 aromatic rings. The van der Waals surface area contributed by atoms with Crippen molar-refractivity contribution in [2.75, 3.05) is 6.61 Å². The third-order valence-corrected chi connectivity index (χ3v) is 5.64. The number of hydrogen-bond donors (Lipinski definition) is 1. The second-order valence-electron chi connectivity index (χ2n) is 8.54. The number of aliphatic hydroxyl groups excluding tert-OH is 1. The number of hydrogen-bond acceptors (Lipinski definition) is 5. The van der Waals surface area contributed by atoms with Crippen molar-refractivity contribution >= 4 is 0 Å². The van der Waals surface area contributed by atoms with Gasteiger partial charge in [-0.25, -0.2) is 0 Å². The largest absolute Gasteiger partial charge is 0.454 e. The summed E-state index contributed by atoms with van der Waals surface area (Å²) in [6.07, 6.45) is 7.98. The molecule has 6 nitrogen and oxygen atoms in total. The van der Waals surface area contributed by atoms with E-state index in [0.29, 0.717) is 11.3 Å². The summed E-state index contributed by atoms with van der Waals surface area (Å²) in [5, 5.41) is 21.0. The topological polar surface area (TPSA) is 81.8 Å². The van der Waals surface area contributed by atoms with E-state index >= 15 is 0 Å². The summed E-state index contributed by atoms with van der Waals surface area (Å²) in [5.74, 6) is 0.867. The van der Waals surface area contributed by atoms with E-state index in [9.17, 15) is 15.2 Å². The SMILES string of the molecule is CCC(C)(CC(C)(C)CO)C(C)OC1C=CC([N+](=O)[O-])=C2OC(C)=CC=C21. The van der Waals surface area contributed by atoms with Gasteiger partial charge in [-0.05, 0) is 55.7 Å². The van der Waals surface area contributed by atoms with Crippen molar-refractivity contribution < 1.29 is 19.5 Å². The van der Waals surface area contributed by atoms with Crippen LogP contribution in [0.2, 0.25) is 0 Å². The van der Waals surface area contributed by atoms with Gasteiger partial charge >= 0.3 is 5.70 Å². The Morgan fingerprint density at radius 1 is 1.37 bits per heavy atom. The average Bonchev–Trinajstić information content (AvgIpc) is 2.60. The molecule has 3 unspecified atom stereocenters. The quantitative estimate of drug-likeness (QED) is 0.497. The Morgan fingerprint density at radius 3 is 2.59 bits per heavy atom. The molecular formula is C21H31NO5. The Balaban J connectivity index is 2.26. The summed E-state index contributed by atoms with van der Waals surface area (Å²) in [5.41, 5.74) is 0.263. The molecule has 0 saturated carbocycles. The van der Waals surface area contributed by atoms with Crippen LogP contribution < -0.4 is 0 Å².